The smallest absolute Gasteiger partial charge is 0.311 e. The molecule has 0 aliphatic rings. The topological polar surface area (TPSA) is 51.3 Å². The lowest BCUT2D eigenvalue weighted by Crippen LogP contribution is -2.08. The normalized spacial score (nSPS) is 11.9. The summed E-state index contributed by atoms with van der Waals surface area (Å²) in [7, 11) is 0. The molecular weight excluding hydrogens is 481 g/mol. The number of carbonyl (C=O) groups is 1. The highest BCUT2D eigenvalue weighted by Gasteiger charge is 2.19. The van der Waals surface area contributed by atoms with E-state index in [0.717, 1.165) is 34.3 Å². The first kappa shape index (κ1) is 24.9. The average Bonchev–Trinajstić information content (AvgIpc) is 3.21. The van der Waals surface area contributed by atoms with Gasteiger partial charge in [-0.05, 0) is 78.6 Å². The van der Waals surface area contributed by atoms with Crippen molar-refractivity contribution >= 4 is 40.1 Å². The van der Waals surface area contributed by atoms with Crippen LogP contribution in [0.25, 0.3) is 10.9 Å². The molecule has 1 N–H and O–H groups in total. The van der Waals surface area contributed by atoms with Crippen molar-refractivity contribution in [3.05, 3.63) is 106 Å². The molecule has 0 spiro atoms. The maximum Gasteiger partial charge on any atom is 0.311 e. The van der Waals surface area contributed by atoms with E-state index in [1.54, 1.807) is 30.3 Å². The van der Waals surface area contributed by atoms with Crippen molar-refractivity contribution in [3.63, 3.8) is 0 Å². The van der Waals surface area contributed by atoms with Crippen LogP contribution in [0.15, 0.2) is 79.4 Å². The predicted molar refractivity (Wildman–Crippen MR) is 143 cm³/mol. The quantitative estimate of drug-likeness (QED) is 0.134. The number of H-pyrrole nitrogens is 1. The molecule has 35 heavy (non-hydrogen) atoms. The van der Waals surface area contributed by atoms with Crippen LogP contribution in [0.2, 0.25) is 10.0 Å². The Bertz CT molecular complexity index is 1310. The molecule has 4 aromatic rings. The third-order valence-corrected chi connectivity index (χ3v) is 6.42. The van der Waals surface area contributed by atoms with Crippen LogP contribution in [0.4, 0.5) is 0 Å². The summed E-state index contributed by atoms with van der Waals surface area (Å²) in [5, 5.41) is 2.36. The molecule has 4 nitrogen and oxygen atoms in total. The minimum atomic E-state index is -0.269. The Balaban J connectivity index is 1.51. The Morgan fingerprint density at radius 3 is 2.40 bits per heavy atom. The van der Waals surface area contributed by atoms with E-state index in [-0.39, 0.29) is 11.9 Å². The number of hydrogen-bond acceptors (Lipinski definition) is 3. The largest absolute Gasteiger partial charge is 0.490 e. The zero-order valence-corrected chi connectivity index (χ0v) is 21.0. The van der Waals surface area contributed by atoms with E-state index in [2.05, 4.69) is 30.6 Å². The lowest BCUT2D eigenvalue weighted by Gasteiger charge is -2.15. The van der Waals surface area contributed by atoms with Crippen molar-refractivity contribution in [2.45, 2.75) is 32.1 Å². The van der Waals surface area contributed by atoms with Crippen molar-refractivity contribution in [2.75, 3.05) is 6.61 Å². The van der Waals surface area contributed by atoms with Crippen LogP contribution in [-0.4, -0.2) is 17.6 Å². The minimum Gasteiger partial charge on any atom is -0.490 e. The van der Waals surface area contributed by atoms with Gasteiger partial charge < -0.3 is 14.5 Å². The molecule has 4 rings (SSSR count). The first-order valence-electron chi connectivity index (χ1n) is 11.5. The number of fused-ring (bicyclic) bond motifs is 1. The molecule has 0 saturated carbocycles. The van der Waals surface area contributed by atoms with Crippen LogP contribution in [0, 0.1) is 0 Å². The van der Waals surface area contributed by atoms with E-state index in [1.807, 2.05) is 30.3 Å². The number of hydrogen-bond donors (Lipinski definition) is 1. The van der Waals surface area contributed by atoms with Crippen LogP contribution >= 0.6 is 23.2 Å². The van der Waals surface area contributed by atoms with Gasteiger partial charge in [-0.2, -0.15) is 0 Å². The molecule has 3 aromatic carbocycles. The molecule has 0 bridgehead atoms. The van der Waals surface area contributed by atoms with Crippen LogP contribution in [0.3, 0.4) is 0 Å². The lowest BCUT2D eigenvalue weighted by atomic mass is 9.92. The predicted octanol–water partition coefficient (Wildman–Crippen LogP) is 8.12. The Morgan fingerprint density at radius 1 is 1.00 bits per heavy atom. The maximum atomic E-state index is 12.4. The highest BCUT2D eigenvalue weighted by atomic mass is 35.5. The number of benzene rings is 3. The van der Waals surface area contributed by atoms with Crippen LogP contribution in [0.1, 0.15) is 42.5 Å². The molecule has 0 aliphatic heterocycles. The number of nitrogens with one attached hydrogen (secondary N) is 1. The van der Waals surface area contributed by atoms with Crippen LogP contribution in [-0.2, 0) is 11.2 Å². The number of ether oxygens (including phenoxy) is 2. The second-order valence-electron chi connectivity index (χ2n) is 8.38. The zero-order valence-electron chi connectivity index (χ0n) is 19.5. The third kappa shape index (κ3) is 6.27. The molecule has 180 valence electrons. The van der Waals surface area contributed by atoms with Gasteiger partial charge in [0, 0.05) is 39.0 Å². The molecule has 1 aromatic heterocycles. The van der Waals surface area contributed by atoms with E-state index >= 15 is 0 Å². The highest BCUT2D eigenvalue weighted by Crippen LogP contribution is 2.34. The molecule has 0 saturated heterocycles. The van der Waals surface area contributed by atoms with Crippen LogP contribution in [0.5, 0.6) is 11.5 Å². The van der Waals surface area contributed by atoms with Gasteiger partial charge in [0.25, 0.3) is 0 Å². The molecule has 0 amide bonds. The molecule has 0 radical (unpaired) electrons. The fourth-order valence-electron chi connectivity index (χ4n) is 4.15. The number of carbonyl (C=O) groups excluding carboxylic acids is 1. The molecule has 1 heterocycles. The van der Waals surface area contributed by atoms with Crippen molar-refractivity contribution in [1.82, 2.24) is 4.98 Å². The number of rotatable bonds is 10. The standard InChI is InChI=1S/C29H27Cl2NO3/c1-3-17-34-23-12-7-20(8-13-23)19(2)29-25(26-18-22(31)11-16-27(26)32-29)5-4-6-28(33)35-24-14-9-21(30)10-15-24/h3,7-16,18-19,32H,1,4-6,17H2,2H3/t19-/m0/s1. The van der Waals surface area contributed by atoms with Crippen molar-refractivity contribution in [3.8, 4) is 11.5 Å². The zero-order chi connectivity index (χ0) is 24.8. The lowest BCUT2D eigenvalue weighted by molar-refractivity contribution is -0.134. The third-order valence-electron chi connectivity index (χ3n) is 5.94. The van der Waals surface area contributed by atoms with Crippen molar-refractivity contribution in [1.29, 1.82) is 0 Å². The van der Waals surface area contributed by atoms with Gasteiger partial charge in [0.05, 0.1) is 0 Å². The van der Waals surface area contributed by atoms with Gasteiger partial charge in [-0.15, -0.1) is 0 Å². The van der Waals surface area contributed by atoms with Gasteiger partial charge in [0.15, 0.2) is 0 Å². The second kappa shape index (κ2) is 11.5. The number of aromatic nitrogens is 1. The van der Waals surface area contributed by atoms with E-state index < -0.39 is 0 Å². The Kier molecular flexibility index (Phi) is 8.17. The SMILES string of the molecule is C=CCOc1ccc([C@H](C)c2[nH]c3ccc(Cl)cc3c2CCCC(=O)Oc2ccc(Cl)cc2)cc1. The number of aromatic amines is 1. The average molecular weight is 508 g/mol. The molecule has 0 fully saturated rings. The van der Waals surface area contributed by atoms with Gasteiger partial charge in [-0.3, -0.25) is 4.79 Å². The Hall–Kier alpha value is -3.21. The van der Waals surface area contributed by atoms with Gasteiger partial charge >= 0.3 is 5.97 Å². The first-order valence-corrected chi connectivity index (χ1v) is 12.3. The maximum absolute atomic E-state index is 12.4. The summed E-state index contributed by atoms with van der Waals surface area (Å²) < 4.78 is 11.1. The molecular formula is C29H27Cl2NO3. The molecule has 1 atom stereocenters. The van der Waals surface area contributed by atoms with E-state index in [9.17, 15) is 4.79 Å². The highest BCUT2D eigenvalue weighted by molar-refractivity contribution is 6.31. The Morgan fingerprint density at radius 2 is 1.69 bits per heavy atom. The molecule has 0 unspecified atom stereocenters. The van der Waals surface area contributed by atoms with E-state index in [1.165, 1.54) is 5.56 Å². The van der Waals surface area contributed by atoms with Crippen molar-refractivity contribution < 1.29 is 14.3 Å². The second-order valence-corrected chi connectivity index (χ2v) is 9.25. The van der Waals surface area contributed by atoms with Gasteiger partial charge in [0.1, 0.15) is 18.1 Å². The summed E-state index contributed by atoms with van der Waals surface area (Å²) in [5.41, 5.74) is 4.48. The van der Waals surface area contributed by atoms with Crippen molar-refractivity contribution in [2.24, 2.45) is 0 Å². The van der Waals surface area contributed by atoms with Crippen LogP contribution < -0.4 is 9.47 Å². The summed E-state index contributed by atoms with van der Waals surface area (Å²) >= 11 is 12.2. The summed E-state index contributed by atoms with van der Waals surface area (Å²) in [4.78, 5) is 16.0. The van der Waals surface area contributed by atoms with Gasteiger partial charge in [-0.25, -0.2) is 0 Å². The van der Waals surface area contributed by atoms with E-state index in [0.29, 0.717) is 35.2 Å². The summed E-state index contributed by atoms with van der Waals surface area (Å²) in [6.45, 7) is 6.33. The molecule has 6 heteroatoms. The summed E-state index contributed by atoms with van der Waals surface area (Å²) in [6.07, 6.45) is 3.40. The van der Waals surface area contributed by atoms with Gasteiger partial charge in [-0.1, -0.05) is 54.9 Å². The Labute approximate surface area is 215 Å². The first-order chi connectivity index (χ1) is 16.9. The molecule has 0 aliphatic carbocycles. The number of aryl methyl sites for hydroxylation is 1. The fourth-order valence-corrected chi connectivity index (χ4v) is 4.45. The monoisotopic (exact) mass is 507 g/mol. The summed E-state index contributed by atoms with van der Waals surface area (Å²) in [5.74, 6) is 1.15. The van der Waals surface area contributed by atoms with Gasteiger partial charge in [0.2, 0.25) is 0 Å². The fraction of sp³-hybridized carbons (Fsp3) is 0.207. The number of halogens is 2. The number of esters is 1. The summed E-state index contributed by atoms with van der Waals surface area (Å²) in [6, 6.07) is 20.7. The minimum absolute atomic E-state index is 0.116. The van der Waals surface area contributed by atoms with E-state index in [4.69, 9.17) is 32.7 Å².